The van der Waals surface area contributed by atoms with Crippen LogP contribution in [0.5, 0.6) is 0 Å². The minimum Gasteiger partial charge on any atom is -0.318 e. The summed E-state index contributed by atoms with van der Waals surface area (Å²) in [6.45, 7) is 8.37. The molecular weight excluding hydrogens is 316 g/mol. The highest BCUT2D eigenvalue weighted by Gasteiger charge is 1.94. The second-order valence-electron chi connectivity index (χ2n) is 8.01. The lowest BCUT2D eigenvalue weighted by Crippen LogP contribution is -2.24. The molecule has 0 atom stereocenters. The number of nitrogens with zero attached hydrogens (tertiary/aromatic N) is 1. The van der Waals surface area contributed by atoms with Gasteiger partial charge >= 0.3 is 0 Å². The van der Waals surface area contributed by atoms with Gasteiger partial charge in [0, 0.05) is 6.67 Å². The molecule has 160 valence electrons. The van der Waals surface area contributed by atoms with Gasteiger partial charge in [0.15, 0.2) is 0 Å². The molecule has 0 radical (unpaired) electrons. The van der Waals surface area contributed by atoms with Crippen molar-refractivity contribution in [3.63, 3.8) is 0 Å². The number of nitrogens with two attached hydrogens (primary N) is 1. The molecule has 0 aliphatic heterocycles. The van der Waals surface area contributed by atoms with E-state index in [1.54, 1.807) is 0 Å². The monoisotopic (exact) mass is 370 g/mol. The summed E-state index contributed by atoms with van der Waals surface area (Å²) in [5.74, 6) is 0. The molecule has 0 aliphatic rings. The van der Waals surface area contributed by atoms with Gasteiger partial charge in [-0.15, -0.1) is 0 Å². The van der Waals surface area contributed by atoms with Gasteiger partial charge in [0.2, 0.25) is 0 Å². The van der Waals surface area contributed by atoms with Crippen LogP contribution in [0.1, 0.15) is 136 Å². The summed E-state index contributed by atoms with van der Waals surface area (Å²) in [6.07, 6.45) is 26.4. The summed E-state index contributed by atoms with van der Waals surface area (Å²) in [7, 11) is 1.99. The Bertz CT molecular complexity index is 196. The van der Waals surface area contributed by atoms with E-state index in [1.807, 2.05) is 11.9 Å². The lowest BCUT2D eigenvalue weighted by molar-refractivity contribution is 0.364. The van der Waals surface area contributed by atoms with Crippen molar-refractivity contribution in [2.45, 2.75) is 136 Å². The SMILES string of the molecule is CCCCCCCCCCCCCCCCCCCC.CCN(C)CN. The topological polar surface area (TPSA) is 29.3 Å². The van der Waals surface area contributed by atoms with E-state index < -0.39 is 0 Å². The molecule has 0 heterocycles. The molecule has 0 saturated carbocycles. The molecule has 0 fully saturated rings. The van der Waals surface area contributed by atoms with Crippen LogP contribution in [0.4, 0.5) is 0 Å². The van der Waals surface area contributed by atoms with E-state index in [4.69, 9.17) is 5.73 Å². The second kappa shape index (κ2) is 27.1. The first-order chi connectivity index (χ1) is 12.7. The highest BCUT2D eigenvalue weighted by atomic mass is 15.1. The van der Waals surface area contributed by atoms with Gasteiger partial charge in [-0.2, -0.15) is 0 Å². The lowest BCUT2D eigenvalue weighted by Gasteiger charge is -2.07. The standard InChI is InChI=1S/C20H42.C4H12N2/c1-3-5-7-9-11-13-15-17-19-20-18-16-14-12-10-8-6-4-2;1-3-6(2)4-5/h3-20H2,1-2H3;3-5H2,1-2H3. The number of hydrogen-bond donors (Lipinski definition) is 1. The third-order valence-corrected chi connectivity index (χ3v) is 5.31. The summed E-state index contributed by atoms with van der Waals surface area (Å²) in [6, 6.07) is 0. The van der Waals surface area contributed by atoms with Gasteiger partial charge in [-0.3, -0.25) is 4.90 Å². The van der Waals surface area contributed by atoms with Crippen LogP contribution in [0.3, 0.4) is 0 Å². The zero-order chi connectivity index (χ0) is 19.7. The predicted molar refractivity (Wildman–Crippen MR) is 122 cm³/mol. The van der Waals surface area contributed by atoms with Crippen molar-refractivity contribution in [3.05, 3.63) is 0 Å². The minimum absolute atomic E-state index is 0.663. The first-order valence-corrected chi connectivity index (χ1v) is 12.1. The van der Waals surface area contributed by atoms with Crippen LogP contribution in [0.15, 0.2) is 0 Å². The van der Waals surface area contributed by atoms with E-state index in [-0.39, 0.29) is 0 Å². The summed E-state index contributed by atoms with van der Waals surface area (Å²) in [4.78, 5) is 2.03. The molecule has 0 unspecified atom stereocenters. The fourth-order valence-electron chi connectivity index (χ4n) is 3.10. The van der Waals surface area contributed by atoms with E-state index >= 15 is 0 Å². The Hall–Kier alpha value is -0.0800. The van der Waals surface area contributed by atoms with Crippen molar-refractivity contribution < 1.29 is 0 Å². The van der Waals surface area contributed by atoms with Gasteiger partial charge in [0.25, 0.3) is 0 Å². The molecule has 0 aromatic carbocycles. The molecule has 0 bridgehead atoms. The van der Waals surface area contributed by atoms with E-state index in [2.05, 4.69) is 20.8 Å². The van der Waals surface area contributed by atoms with E-state index in [1.165, 1.54) is 116 Å². The fourth-order valence-corrected chi connectivity index (χ4v) is 3.10. The normalized spacial score (nSPS) is 10.8. The largest absolute Gasteiger partial charge is 0.318 e. The molecule has 0 aromatic heterocycles. The van der Waals surface area contributed by atoms with Crippen LogP contribution in [0, 0.1) is 0 Å². The average Bonchev–Trinajstić information content (AvgIpc) is 2.67. The molecule has 0 saturated heterocycles. The van der Waals surface area contributed by atoms with Gasteiger partial charge in [0.05, 0.1) is 0 Å². The number of rotatable bonds is 19. The van der Waals surface area contributed by atoms with Gasteiger partial charge in [-0.25, -0.2) is 0 Å². The smallest absolute Gasteiger partial charge is 0.0452 e. The zero-order valence-corrected chi connectivity index (χ0v) is 19.2. The first kappa shape index (κ1) is 28.1. The molecule has 26 heavy (non-hydrogen) atoms. The molecule has 2 nitrogen and oxygen atoms in total. The zero-order valence-electron chi connectivity index (χ0n) is 19.2. The number of hydrogen-bond acceptors (Lipinski definition) is 2. The second-order valence-corrected chi connectivity index (χ2v) is 8.01. The fraction of sp³-hybridized carbons (Fsp3) is 1.00. The Morgan fingerprint density at radius 2 is 0.692 bits per heavy atom. The Labute approximate surface area is 167 Å². The third-order valence-electron chi connectivity index (χ3n) is 5.31. The number of unbranched alkanes of at least 4 members (excludes halogenated alkanes) is 17. The maximum atomic E-state index is 5.21. The van der Waals surface area contributed by atoms with Crippen molar-refractivity contribution in [1.82, 2.24) is 4.90 Å². The summed E-state index contributed by atoms with van der Waals surface area (Å²) >= 11 is 0. The average molecular weight is 371 g/mol. The van der Waals surface area contributed by atoms with Crippen LogP contribution < -0.4 is 5.73 Å². The van der Waals surface area contributed by atoms with Crippen molar-refractivity contribution in [1.29, 1.82) is 0 Å². The molecule has 0 spiro atoms. The van der Waals surface area contributed by atoms with Crippen molar-refractivity contribution in [3.8, 4) is 0 Å². The minimum atomic E-state index is 0.663. The van der Waals surface area contributed by atoms with E-state index in [9.17, 15) is 0 Å². The van der Waals surface area contributed by atoms with E-state index in [0.29, 0.717) is 6.67 Å². The lowest BCUT2D eigenvalue weighted by atomic mass is 10.0. The molecular formula is C24H54N2. The van der Waals surface area contributed by atoms with Crippen molar-refractivity contribution in [2.24, 2.45) is 5.73 Å². The summed E-state index contributed by atoms with van der Waals surface area (Å²) < 4.78 is 0. The highest BCUT2D eigenvalue weighted by Crippen LogP contribution is 2.14. The maximum Gasteiger partial charge on any atom is 0.0452 e. The molecule has 2 N–H and O–H groups in total. The van der Waals surface area contributed by atoms with Crippen LogP contribution in [0.25, 0.3) is 0 Å². The Morgan fingerprint density at radius 1 is 0.462 bits per heavy atom. The first-order valence-electron chi connectivity index (χ1n) is 12.1. The third kappa shape index (κ3) is 28.7. The predicted octanol–water partition coefficient (Wildman–Crippen LogP) is 7.90. The van der Waals surface area contributed by atoms with Gasteiger partial charge in [-0.1, -0.05) is 136 Å². The molecule has 2 heteroatoms. The van der Waals surface area contributed by atoms with Gasteiger partial charge < -0.3 is 5.73 Å². The summed E-state index contributed by atoms with van der Waals surface area (Å²) in [5, 5.41) is 0. The maximum absolute atomic E-state index is 5.21. The van der Waals surface area contributed by atoms with Crippen molar-refractivity contribution in [2.75, 3.05) is 20.3 Å². The van der Waals surface area contributed by atoms with Gasteiger partial charge in [-0.05, 0) is 13.6 Å². The van der Waals surface area contributed by atoms with Crippen LogP contribution >= 0.6 is 0 Å². The molecule has 0 aliphatic carbocycles. The summed E-state index contributed by atoms with van der Waals surface area (Å²) in [5.41, 5.74) is 5.21. The van der Waals surface area contributed by atoms with Gasteiger partial charge in [0.1, 0.15) is 0 Å². The quantitative estimate of drug-likeness (QED) is 0.185. The molecule has 0 aromatic rings. The Morgan fingerprint density at radius 3 is 0.808 bits per heavy atom. The highest BCUT2D eigenvalue weighted by molar-refractivity contribution is 4.50. The Kier molecular flexibility index (Phi) is 29.4. The van der Waals surface area contributed by atoms with Crippen LogP contribution in [-0.2, 0) is 0 Å². The molecule has 0 amide bonds. The van der Waals surface area contributed by atoms with Crippen LogP contribution in [-0.4, -0.2) is 25.2 Å². The van der Waals surface area contributed by atoms with Crippen molar-refractivity contribution >= 4 is 0 Å². The Balaban J connectivity index is 0. The van der Waals surface area contributed by atoms with Crippen LogP contribution in [0.2, 0.25) is 0 Å². The molecule has 0 rings (SSSR count). The van der Waals surface area contributed by atoms with E-state index in [0.717, 1.165) is 6.54 Å².